The van der Waals surface area contributed by atoms with Gasteiger partial charge in [-0.15, -0.1) is 0 Å². The van der Waals surface area contributed by atoms with Crippen LogP contribution in [0.2, 0.25) is 5.02 Å². The number of halogens is 4. The van der Waals surface area contributed by atoms with Crippen LogP contribution in [-0.4, -0.2) is 76.5 Å². The van der Waals surface area contributed by atoms with Gasteiger partial charge in [-0.3, -0.25) is 9.69 Å². The Morgan fingerprint density at radius 1 is 1.07 bits per heavy atom. The third kappa shape index (κ3) is 6.56. The fourth-order valence-corrected chi connectivity index (χ4v) is 5.04. The number of carbonyl (C=O) groups is 1. The molecule has 0 saturated carbocycles. The molecule has 9 nitrogen and oxygen atoms in total. The minimum atomic E-state index is -4.41. The van der Waals surface area contributed by atoms with Crippen LogP contribution in [0.3, 0.4) is 0 Å². The van der Waals surface area contributed by atoms with Gasteiger partial charge in [0.2, 0.25) is 5.91 Å². The molecule has 0 radical (unpaired) electrons. The molecule has 212 valence electrons. The number of fused-ring (bicyclic) bond motifs is 1. The van der Waals surface area contributed by atoms with E-state index in [4.69, 9.17) is 16.3 Å². The number of rotatable bonds is 7. The highest BCUT2D eigenvalue weighted by Crippen LogP contribution is 2.33. The quantitative estimate of drug-likeness (QED) is 0.444. The van der Waals surface area contributed by atoms with E-state index in [9.17, 15) is 18.0 Å². The van der Waals surface area contributed by atoms with E-state index >= 15 is 0 Å². The highest BCUT2D eigenvalue weighted by molar-refractivity contribution is 6.32. The molecule has 2 aromatic heterocycles. The van der Waals surface area contributed by atoms with Crippen molar-refractivity contribution in [2.75, 3.05) is 56.1 Å². The van der Waals surface area contributed by atoms with Crippen molar-refractivity contribution in [2.24, 2.45) is 0 Å². The molecule has 0 atom stereocenters. The van der Waals surface area contributed by atoms with Crippen molar-refractivity contribution in [2.45, 2.75) is 26.1 Å². The second-order valence-corrected chi connectivity index (χ2v) is 10.1. The van der Waals surface area contributed by atoms with Gasteiger partial charge in [0.1, 0.15) is 18.2 Å². The minimum absolute atomic E-state index is 0.0764. The average Bonchev–Trinajstić information content (AvgIpc) is 2.93. The summed E-state index contributed by atoms with van der Waals surface area (Å²) in [6.45, 7) is 6.46. The van der Waals surface area contributed by atoms with Gasteiger partial charge in [0.15, 0.2) is 0 Å². The standard InChI is InChI=1S/C27H29ClF3N7O2/c1-18(39)37-13-11-36(12-14-37)15-16-40-26-34-23-17-38(25-22(28)3-2-9-32-25)10-8-21(23)24(35-26)33-20-6-4-19(5-7-20)27(29,30)31/h2-7,9H,8,10-17H2,1H3,(H,33,34,35). The van der Waals surface area contributed by atoms with E-state index in [1.54, 1.807) is 25.3 Å². The molecule has 5 rings (SSSR count). The van der Waals surface area contributed by atoms with Gasteiger partial charge >= 0.3 is 12.2 Å². The smallest absolute Gasteiger partial charge is 0.416 e. The van der Waals surface area contributed by atoms with Crippen molar-refractivity contribution in [3.63, 3.8) is 0 Å². The number of hydrogen-bond donors (Lipinski definition) is 1. The first-order valence-corrected chi connectivity index (χ1v) is 13.4. The molecule has 40 heavy (non-hydrogen) atoms. The summed E-state index contributed by atoms with van der Waals surface area (Å²) in [5.74, 6) is 1.21. The summed E-state index contributed by atoms with van der Waals surface area (Å²) < 4.78 is 45.1. The summed E-state index contributed by atoms with van der Waals surface area (Å²) >= 11 is 6.39. The minimum Gasteiger partial charge on any atom is -0.462 e. The molecule has 0 spiro atoms. The maximum atomic E-state index is 13.0. The number of carbonyl (C=O) groups excluding carboxylic acids is 1. The summed E-state index contributed by atoms with van der Waals surface area (Å²) in [4.78, 5) is 31.3. The van der Waals surface area contributed by atoms with Gasteiger partial charge in [-0.25, -0.2) is 4.98 Å². The van der Waals surface area contributed by atoms with Crippen molar-refractivity contribution in [3.05, 3.63) is 64.4 Å². The zero-order valence-corrected chi connectivity index (χ0v) is 22.7. The Kier molecular flexibility index (Phi) is 8.27. The van der Waals surface area contributed by atoms with Gasteiger partial charge in [-0.1, -0.05) is 11.6 Å². The number of nitrogens with one attached hydrogen (secondary N) is 1. The molecule has 1 N–H and O–H groups in total. The number of hydrogen-bond acceptors (Lipinski definition) is 8. The summed E-state index contributed by atoms with van der Waals surface area (Å²) in [5, 5.41) is 3.70. The van der Waals surface area contributed by atoms with Gasteiger partial charge < -0.3 is 19.9 Å². The Balaban J connectivity index is 1.34. The lowest BCUT2D eigenvalue weighted by Crippen LogP contribution is -2.48. The van der Waals surface area contributed by atoms with E-state index in [2.05, 4.69) is 25.2 Å². The van der Waals surface area contributed by atoms with Gasteiger partial charge in [-0.2, -0.15) is 23.1 Å². The molecule has 13 heteroatoms. The van der Waals surface area contributed by atoms with Crippen molar-refractivity contribution < 1.29 is 22.7 Å². The third-order valence-electron chi connectivity index (χ3n) is 7.01. The molecule has 1 fully saturated rings. The monoisotopic (exact) mass is 575 g/mol. The van der Waals surface area contributed by atoms with Crippen LogP contribution in [0.5, 0.6) is 6.01 Å². The molecule has 1 saturated heterocycles. The number of amides is 1. The lowest BCUT2D eigenvalue weighted by atomic mass is 10.1. The largest absolute Gasteiger partial charge is 0.462 e. The number of benzene rings is 1. The topological polar surface area (TPSA) is 86.7 Å². The van der Waals surface area contributed by atoms with E-state index in [0.717, 1.165) is 36.5 Å². The molecule has 0 unspecified atom stereocenters. The molecule has 1 aromatic carbocycles. The Labute approximate surface area is 234 Å². The molecule has 3 aromatic rings. The molecule has 2 aliphatic rings. The predicted octanol–water partition coefficient (Wildman–Crippen LogP) is 4.39. The van der Waals surface area contributed by atoms with Gasteiger partial charge in [-0.05, 0) is 42.8 Å². The molecule has 4 heterocycles. The molecule has 1 amide bonds. The Bertz CT molecular complexity index is 1350. The summed E-state index contributed by atoms with van der Waals surface area (Å²) in [6, 6.07) is 8.53. The average molecular weight is 576 g/mol. The first kappa shape index (κ1) is 27.9. The zero-order valence-electron chi connectivity index (χ0n) is 21.9. The Hall–Kier alpha value is -3.64. The van der Waals surface area contributed by atoms with Crippen LogP contribution in [0.1, 0.15) is 23.7 Å². The molecule has 0 bridgehead atoms. The molecule has 0 aliphatic carbocycles. The number of piperazine rings is 1. The Morgan fingerprint density at radius 3 is 2.50 bits per heavy atom. The van der Waals surface area contributed by atoms with Crippen LogP contribution < -0.4 is 15.0 Å². The number of alkyl halides is 3. The second-order valence-electron chi connectivity index (χ2n) is 9.66. The van der Waals surface area contributed by atoms with Crippen LogP contribution in [0.4, 0.5) is 30.5 Å². The molecule has 2 aliphatic heterocycles. The highest BCUT2D eigenvalue weighted by atomic mass is 35.5. The highest BCUT2D eigenvalue weighted by Gasteiger charge is 2.30. The summed E-state index contributed by atoms with van der Waals surface area (Å²) in [6.07, 6.45) is -2.16. The number of pyridine rings is 1. The summed E-state index contributed by atoms with van der Waals surface area (Å²) in [7, 11) is 0. The predicted molar refractivity (Wildman–Crippen MR) is 145 cm³/mol. The fraction of sp³-hybridized carbons (Fsp3) is 0.407. The first-order chi connectivity index (χ1) is 19.2. The second kappa shape index (κ2) is 11.8. The normalized spacial score (nSPS) is 16.0. The van der Waals surface area contributed by atoms with E-state index < -0.39 is 11.7 Å². The van der Waals surface area contributed by atoms with Crippen LogP contribution in [-0.2, 0) is 23.9 Å². The van der Waals surface area contributed by atoms with Gasteiger partial charge in [0.25, 0.3) is 0 Å². The number of ether oxygens (including phenoxy) is 1. The van der Waals surface area contributed by atoms with E-state index in [1.165, 1.54) is 12.1 Å². The van der Waals surface area contributed by atoms with Crippen LogP contribution in [0, 0.1) is 0 Å². The van der Waals surface area contributed by atoms with Crippen molar-refractivity contribution in [1.29, 1.82) is 0 Å². The van der Waals surface area contributed by atoms with Crippen LogP contribution in [0.15, 0.2) is 42.6 Å². The zero-order chi connectivity index (χ0) is 28.3. The van der Waals surface area contributed by atoms with Crippen molar-refractivity contribution in [1.82, 2.24) is 24.8 Å². The molecular formula is C27H29ClF3N7O2. The lowest BCUT2D eigenvalue weighted by molar-refractivity contribution is -0.137. The Morgan fingerprint density at radius 2 is 1.82 bits per heavy atom. The van der Waals surface area contributed by atoms with E-state index in [1.807, 2.05) is 9.80 Å². The maximum Gasteiger partial charge on any atom is 0.416 e. The van der Waals surface area contributed by atoms with E-state index in [0.29, 0.717) is 68.1 Å². The third-order valence-corrected chi connectivity index (χ3v) is 7.31. The van der Waals surface area contributed by atoms with Crippen molar-refractivity contribution >= 4 is 34.8 Å². The summed E-state index contributed by atoms with van der Waals surface area (Å²) in [5.41, 5.74) is 1.33. The number of aromatic nitrogens is 3. The van der Waals surface area contributed by atoms with Gasteiger partial charge in [0, 0.05) is 63.6 Å². The number of nitrogens with zero attached hydrogens (tertiary/aromatic N) is 6. The number of anilines is 3. The fourth-order valence-electron chi connectivity index (χ4n) is 4.80. The lowest BCUT2D eigenvalue weighted by Gasteiger charge is -2.34. The van der Waals surface area contributed by atoms with Crippen molar-refractivity contribution in [3.8, 4) is 6.01 Å². The SMILES string of the molecule is CC(=O)N1CCN(CCOc2nc3c(c(Nc4ccc(C(F)(F)F)cc4)n2)CCN(c2ncccc2Cl)C3)CC1. The van der Waals surface area contributed by atoms with Gasteiger partial charge in [0.05, 0.1) is 22.8 Å². The van der Waals surface area contributed by atoms with Crippen LogP contribution >= 0.6 is 11.6 Å². The maximum absolute atomic E-state index is 13.0. The van der Waals surface area contributed by atoms with E-state index in [-0.39, 0.29) is 11.9 Å². The first-order valence-electron chi connectivity index (χ1n) is 13.0. The van der Waals surface area contributed by atoms with Crippen LogP contribution in [0.25, 0.3) is 0 Å². The molecular weight excluding hydrogens is 547 g/mol.